The standard InChI is InChI=1S/C13H10BrN3O4S/c14-11-4-6-13(7-5-11)22(20,21)16-15-9-10-2-1-3-12(8-10)17(18)19/h1-9,16H/b15-9+. The van der Waals surface area contributed by atoms with E-state index in [9.17, 15) is 18.5 Å². The van der Waals surface area contributed by atoms with Gasteiger partial charge in [-0.3, -0.25) is 10.1 Å². The van der Waals surface area contributed by atoms with E-state index in [1.54, 1.807) is 18.2 Å². The van der Waals surface area contributed by atoms with Crippen LogP contribution in [-0.4, -0.2) is 19.6 Å². The van der Waals surface area contributed by atoms with Crippen molar-refractivity contribution in [2.75, 3.05) is 0 Å². The van der Waals surface area contributed by atoms with E-state index in [0.29, 0.717) is 5.56 Å². The minimum absolute atomic E-state index is 0.0619. The summed E-state index contributed by atoms with van der Waals surface area (Å²) in [5.41, 5.74) is 0.312. The van der Waals surface area contributed by atoms with Crippen LogP contribution in [0.4, 0.5) is 5.69 Å². The Morgan fingerprint density at radius 2 is 1.86 bits per heavy atom. The third-order valence-corrected chi connectivity index (χ3v) is 4.36. The van der Waals surface area contributed by atoms with Crippen LogP contribution in [-0.2, 0) is 10.0 Å². The summed E-state index contributed by atoms with van der Waals surface area (Å²) >= 11 is 3.21. The molecule has 0 saturated carbocycles. The van der Waals surface area contributed by atoms with Crippen LogP contribution in [0.3, 0.4) is 0 Å². The predicted octanol–water partition coefficient (Wildman–Crippen LogP) is 2.67. The molecule has 0 heterocycles. The normalized spacial score (nSPS) is 11.5. The molecule has 9 heteroatoms. The Balaban J connectivity index is 2.13. The zero-order valence-electron chi connectivity index (χ0n) is 11.0. The first-order valence-electron chi connectivity index (χ1n) is 5.93. The fourth-order valence-electron chi connectivity index (χ4n) is 1.56. The number of hydrogen-bond acceptors (Lipinski definition) is 5. The van der Waals surface area contributed by atoms with E-state index in [2.05, 4.69) is 21.0 Å². The summed E-state index contributed by atoms with van der Waals surface area (Å²) in [4.78, 5) is 12.2. The molecule has 0 bridgehead atoms. The topological polar surface area (TPSA) is 102 Å². The van der Waals surface area contributed by atoms with Crippen molar-refractivity contribution in [3.63, 3.8) is 0 Å². The largest absolute Gasteiger partial charge is 0.276 e. The maximum absolute atomic E-state index is 12.0. The molecule has 1 N–H and O–H groups in total. The number of sulfonamides is 1. The maximum Gasteiger partial charge on any atom is 0.276 e. The van der Waals surface area contributed by atoms with Crippen LogP contribution < -0.4 is 4.83 Å². The Labute approximate surface area is 135 Å². The molecule has 0 amide bonds. The van der Waals surface area contributed by atoms with Gasteiger partial charge < -0.3 is 0 Å². The lowest BCUT2D eigenvalue weighted by Gasteiger charge is -2.03. The summed E-state index contributed by atoms with van der Waals surface area (Å²) in [6.45, 7) is 0. The van der Waals surface area contributed by atoms with Gasteiger partial charge in [0.25, 0.3) is 15.7 Å². The Morgan fingerprint density at radius 3 is 2.50 bits per heavy atom. The monoisotopic (exact) mass is 383 g/mol. The second-order valence-electron chi connectivity index (χ2n) is 4.16. The Hall–Kier alpha value is -2.26. The van der Waals surface area contributed by atoms with Gasteiger partial charge in [0.1, 0.15) is 0 Å². The number of halogens is 1. The van der Waals surface area contributed by atoms with Crippen molar-refractivity contribution in [2.24, 2.45) is 5.10 Å². The number of nitro benzene ring substituents is 1. The van der Waals surface area contributed by atoms with Gasteiger partial charge in [-0.2, -0.15) is 13.5 Å². The second-order valence-corrected chi connectivity index (χ2v) is 6.74. The van der Waals surface area contributed by atoms with Crippen LogP contribution in [0.25, 0.3) is 0 Å². The lowest BCUT2D eigenvalue weighted by molar-refractivity contribution is -0.384. The van der Waals surface area contributed by atoms with Crippen molar-refractivity contribution in [1.29, 1.82) is 0 Å². The highest BCUT2D eigenvalue weighted by atomic mass is 79.9. The number of nitro groups is 1. The van der Waals surface area contributed by atoms with Crippen LogP contribution >= 0.6 is 15.9 Å². The van der Waals surface area contributed by atoms with Gasteiger partial charge in [-0.05, 0) is 24.3 Å². The van der Waals surface area contributed by atoms with E-state index >= 15 is 0 Å². The van der Waals surface area contributed by atoms with Gasteiger partial charge in [-0.15, -0.1) is 0 Å². The molecular formula is C13H10BrN3O4S. The molecule has 0 aliphatic rings. The predicted molar refractivity (Wildman–Crippen MR) is 85.2 cm³/mol. The van der Waals surface area contributed by atoms with Crippen molar-refractivity contribution in [3.8, 4) is 0 Å². The number of hydrogen-bond donors (Lipinski definition) is 1. The lowest BCUT2D eigenvalue weighted by Crippen LogP contribution is -2.18. The van der Waals surface area contributed by atoms with E-state index in [1.807, 2.05) is 4.83 Å². The number of hydrazone groups is 1. The number of non-ortho nitro benzene ring substituents is 1. The number of nitrogens with one attached hydrogen (secondary N) is 1. The smallest absolute Gasteiger partial charge is 0.258 e. The zero-order valence-corrected chi connectivity index (χ0v) is 13.4. The maximum atomic E-state index is 12.0. The SMILES string of the molecule is O=[N+]([O-])c1cccc(/C=N/NS(=O)(=O)c2ccc(Br)cc2)c1. The van der Waals surface area contributed by atoms with Crippen molar-refractivity contribution in [2.45, 2.75) is 4.90 Å². The van der Waals surface area contributed by atoms with Crippen molar-refractivity contribution < 1.29 is 13.3 Å². The molecule has 7 nitrogen and oxygen atoms in total. The molecule has 0 atom stereocenters. The van der Waals surface area contributed by atoms with Crippen LogP contribution in [0.2, 0.25) is 0 Å². The molecule has 0 spiro atoms. The average Bonchev–Trinajstić information content (AvgIpc) is 2.48. The number of rotatable bonds is 5. The van der Waals surface area contributed by atoms with Crippen LogP contribution in [0, 0.1) is 10.1 Å². The highest BCUT2D eigenvalue weighted by Gasteiger charge is 2.12. The Morgan fingerprint density at radius 1 is 1.18 bits per heavy atom. The van der Waals surface area contributed by atoms with Gasteiger partial charge in [0, 0.05) is 22.2 Å². The van der Waals surface area contributed by atoms with Crippen molar-refractivity contribution in [3.05, 3.63) is 68.7 Å². The third kappa shape index (κ3) is 4.12. The van der Waals surface area contributed by atoms with Crippen LogP contribution in [0.1, 0.15) is 5.56 Å². The highest BCUT2D eigenvalue weighted by molar-refractivity contribution is 9.10. The first kappa shape index (κ1) is 16.1. The van der Waals surface area contributed by atoms with Crippen molar-refractivity contribution in [1.82, 2.24) is 4.83 Å². The molecule has 2 aromatic rings. The fourth-order valence-corrected chi connectivity index (χ4v) is 2.61. The highest BCUT2D eigenvalue weighted by Crippen LogP contribution is 2.14. The summed E-state index contributed by atoms with van der Waals surface area (Å²) in [6.07, 6.45) is 1.20. The van der Waals surface area contributed by atoms with E-state index in [1.165, 1.54) is 36.5 Å². The first-order valence-corrected chi connectivity index (χ1v) is 8.21. The van der Waals surface area contributed by atoms with E-state index in [0.717, 1.165) is 4.47 Å². The molecule has 0 unspecified atom stereocenters. The average molecular weight is 384 g/mol. The van der Waals surface area contributed by atoms with Crippen LogP contribution in [0.15, 0.2) is 63.0 Å². The molecule has 0 aliphatic heterocycles. The quantitative estimate of drug-likeness (QED) is 0.486. The van der Waals surface area contributed by atoms with Gasteiger partial charge in [-0.25, -0.2) is 4.83 Å². The van der Waals surface area contributed by atoms with Crippen LogP contribution in [0.5, 0.6) is 0 Å². The number of benzene rings is 2. The van der Waals surface area contributed by atoms with Gasteiger partial charge in [-0.1, -0.05) is 28.1 Å². The summed E-state index contributed by atoms with van der Waals surface area (Å²) in [5.74, 6) is 0. The Bertz CT molecular complexity index is 819. The molecule has 0 fully saturated rings. The van der Waals surface area contributed by atoms with E-state index < -0.39 is 14.9 Å². The van der Waals surface area contributed by atoms with Gasteiger partial charge in [0.05, 0.1) is 16.0 Å². The zero-order chi connectivity index (χ0) is 16.2. The third-order valence-electron chi connectivity index (χ3n) is 2.59. The fraction of sp³-hybridized carbons (Fsp3) is 0. The lowest BCUT2D eigenvalue weighted by atomic mass is 10.2. The first-order chi connectivity index (χ1) is 10.4. The molecule has 0 aliphatic carbocycles. The molecular weight excluding hydrogens is 374 g/mol. The minimum Gasteiger partial charge on any atom is -0.258 e. The molecule has 114 valence electrons. The number of nitrogens with zero attached hydrogens (tertiary/aromatic N) is 2. The summed E-state index contributed by atoms with van der Waals surface area (Å²) in [5, 5.41) is 14.3. The summed E-state index contributed by atoms with van der Waals surface area (Å²) in [6, 6.07) is 11.7. The molecule has 0 radical (unpaired) electrons. The van der Waals surface area contributed by atoms with Crippen molar-refractivity contribution >= 4 is 37.9 Å². The molecule has 2 aromatic carbocycles. The van der Waals surface area contributed by atoms with E-state index in [4.69, 9.17) is 0 Å². The summed E-state index contributed by atoms with van der Waals surface area (Å²) < 4.78 is 24.7. The summed E-state index contributed by atoms with van der Waals surface area (Å²) in [7, 11) is -3.78. The molecule has 0 aromatic heterocycles. The Kier molecular flexibility index (Phi) is 4.88. The van der Waals surface area contributed by atoms with Gasteiger partial charge in [0.2, 0.25) is 0 Å². The second kappa shape index (κ2) is 6.67. The van der Waals surface area contributed by atoms with Gasteiger partial charge >= 0.3 is 0 Å². The minimum atomic E-state index is -3.78. The molecule has 0 saturated heterocycles. The van der Waals surface area contributed by atoms with Gasteiger partial charge in [0.15, 0.2) is 0 Å². The van der Waals surface area contributed by atoms with E-state index in [-0.39, 0.29) is 10.6 Å². The molecule has 2 rings (SSSR count). The molecule has 22 heavy (non-hydrogen) atoms.